The van der Waals surface area contributed by atoms with Gasteiger partial charge in [0.25, 0.3) is 10.9 Å². The second-order valence-electron chi connectivity index (χ2n) is 7.33. The zero-order valence-corrected chi connectivity index (χ0v) is 18.2. The van der Waals surface area contributed by atoms with E-state index in [4.69, 9.17) is 4.74 Å². The maximum absolute atomic E-state index is 13.1. The molecule has 4 rings (SSSR count). The lowest BCUT2D eigenvalue weighted by Crippen LogP contribution is -2.41. The number of nitro benzene ring substituents is 1. The number of rotatable bonds is 5. The van der Waals surface area contributed by atoms with E-state index < -0.39 is 14.9 Å². The van der Waals surface area contributed by atoms with Gasteiger partial charge < -0.3 is 4.74 Å². The molecule has 2 heterocycles. The number of aryl methyl sites for hydroxylation is 2. The van der Waals surface area contributed by atoms with Crippen molar-refractivity contribution >= 4 is 37.3 Å². The third-order valence-electron chi connectivity index (χ3n) is 5.27. The maximum Gasteiger partial charge on any atom is 0.274 e. The molecule has 1 saturated heterocycles. The molecule has 0 spiro atoms. The van der Waals surface area contributed by atoms with Crippen LogP contribution in [0.25, 0.3) is 10.2 Å². The summed E-state index contributed by atoms with van der Waals surface area (Å²) in [6.45, 7) is 4.23. The van der Waals surface area contributed by atoms with Crippen molar-refractivity contribution in [3.63, 3.8) is 0 Å². The largest absolute Gasteiger partial charge is 0.467 e. The van der Waals surface area contributed by atoms with Crippen molar-refractivity contribution in [2.24, 2.45) is 0 Å². The number of fused-ring (bicyclic) bond motifs is 1. The molecule has 0 aliphatic carbocycles. The summed E-state index contributed by atoms with van der Waals surface area (Å²) in [7, 11) is -3.81. The molecule has 0 bridgehead atoms. The summed E-state index contributed by atoms with van der Waals surface area (Å²) < 4.78 is 34.6. The van der Waals surface area contributed by atoms with Crippen molar-refractivity contribution in [1.29, 1.82) is 0 Å². The van der Waals surface area contributed by atoms with Crippen LogP contribution >= 0.6 is 11.3 Å². The van der Waals surface area contributed by atoms with Gasteiger partial charge in [0.2, 0.25) is 10.0 Å². The Balaban J connectivity index is 1.46. The van der Waals surface area contributed by atoms with E-state index in [0.29, 0.717) is 36.7 Å². The number of non-ortho nitro benzene ring substituents is 1. The molecule has 30 heavy (non-hydrogen) atoms. The van der Waals surface area contributed by atoms with Gasteiger partial charge in [-0.2, -0.15) is 4.31 Å². The number of piperidine rings is 1. The van der Waals surface area contributed by atoms with Crippen molar-refractivity contribution < 1.29 is 18.1 Å². The fraction of sp³-hybridized carbons (Fsp3) is 0.350. The van der Waals surface area contributed by atoms with Gasteiger partial charge in [0, 0.05) is 25.2 Å². The molecule has 1 fully saturated rings. The van der Waals surface area contributed by atoms with Gasteiger partial charge in [-0.3, -0.25) is 10.1 Å². The lowest BCUT2D eigenvalue weighted by Gasteiger charge is -2.31. The maximum atomic E-state index is 13.1. The van der Waals surface area contributed by atoms with E-state index in [1.807, 2.05) is 25.1 Å². The first-order valence-electron chi connectivity index (χ1n) is 9.54. The zero-order valence-electron chi connectivity index (χ0n) is 16.6. The zero-order chi connectivity index (χ0) is 21.5. The average molecular weight is 448 g/mol. The molecule has 0 atom stereocenters. The Morgan fingerprint density at radius 2 is 1.90 bits per heavy atom. The standard InChI is InChI=1S/C20H21N3O5S2/c1-13-6-7-15(23(24)25)12-18(13)30(26,27)22-10-8-16(9-11-22)28-20-21-19-14(2)4-3-5-17(19)29-20/h3-7,12,16H,8-11H2,1-2H3. The molecule has 0 unspecified atom stereocenters. The Morgan fingerprint density at radius 1 is 1.17 bits per heavy atom. The summed E-state index contributed by atoms with van der Waals surface area (Å²) >= 11 is 1.49. The van der Waals surface area contributed by atoms with Crippen LogP contribution in [0.3, 0.4) is 0 Å². The summed E-state index contributed by atoms with van der Waals surface area (Å²) in [5.41, 5.74) is 2.28. The van der Waals surface area contributed by atoms with Crippen molar-refractivity contribution in [2.45, 2.75) is 37.7 Å². The molecule has 8 nitrogen and oxygen atoms in total. The first-order chi connectivity index (χ1) is 14.3. The number of nitrogens with zero attached hydrogens (tertiary/aromatic N) is 3. The highest BCUT2D eigenvalue weighted by molar-refractivity contribution is 7.89. The Kier molecular flexibility index (Phi) is 5.48. The first kappa shape index (κ1) is 20.7. The van der Waals surface area contributed by atoms with Crippen LogP contribution in [0.2, 0.25) is 0 Å². The van der Waals surface area contributed by atoms with E-state index in [9.17, 15) is 18.5 Å². The summed E-state index contributed by atoms with van der Waals surface area (Å²) in [6.07, 6.45) is 0.938. The van der Waals surface area contributed by atoms with Crippen LogP contribution < -0.4 is 4.74 Å². The third-order valence-corrected chi connectivity index (χ3v) is 8.22. The van der Waals surface area contributed by atoms with Gasteiger partial charge in [-0.1, -0.05) is 29.5 Å². The fourth-order valence-electron chi connectivity index (χ4n) is 3.57. The van der Waals surface area contributed by atoms with Gasteiger partial charge in [-0.25, -0.2) is 13.4 Å². The number of sulfonamides is 1. The van der Waals surface area contributed by atoms with E-state index in [0.717, 1.165) is 21.8 Å². The summed E-state index contributed by atoms with van der Waals surface area (Å²) in [5, 5.41) is 11.6. The van der Waals surface area contributed by atoms with Crippen molar-refractivity contribution in [2.75, 3.05) is 13.1 Å². The molecule has 0 amide bonds. The van der Waals surface area contributed by atoms with Crippen LogP contribution in [0.1, 0.15) is 24.0 Å². The second kappa shape index (κ2) is 7.93. The number of thiazole rings is 1. The Hall–Kier alpha value is -2.56. The van der Waals surface area contributed by atoms with Crippen molar-refractivity contribution in [3.8, 4) is 5.19 Å². The smallest absolute Gasteiger partial charge is 0.274 e. The molecule has 0 saturated carbocycles. The van der Waals surface area contributed by atoms with Crippen LogP contribution in [0.4, 0.5) is 5.69 Å². The molecule has 10 heteroatoms. The van der Waals surface area contributed by atoms with Gasteiger partial charge in [0.05, 0.1) is 20.0 Å². The van der Waals surface area contributed by atoms with Gasteiger partial charge in [-0.15, -0.1) is 0 Å². The molecule has 158 valence electrons. The molecule has 1 aromatic heterocycles. The molecule has 2 aromatic carbocycles. The van der Waals surface area contributed by atoms with Gasteiger partial charge in [0.15, 0.2) is 0 Å². The van der Waals surface area contributed by atoms with Crippen LogP contribution in [0, 0.1) is 24.0 Å². The number of aromatic nitrogens is 1. The lowest BCUT2D eigenvalue weighted by molar-refractivity contribution is -0.385. The number of nitro groups is 1. The topological polar surface area (TPSA) is 103 Å². The van der Waals surface area contributed by atoms with Crippen LogP contribution in [0.15, 0.2) is 41.3 Å². The normalized spacial score (nSPS) is 16.1. The highest BCUT2D eigenvalue weighted by Gasteiger charge is 2.32. The van der Waals surface area contributed by atoms with Crippen molar-refractivity contribution in [1.82, 2.24) is 9.29 Å². The molecule has 3 aromatic rings. The molecular weight excluding hydrogens is 426 g/mol. The third kappa shape index (κ3) is 3.90. The average Bonchev–Trinajstić information content (AvgIpc) is 3.12. The summed E-state index contributed by atoms with van der Waals surface area (Å²) in [4.78, 5) is 15.0. The van der Waals surface area contributed by atoms with E-state index in [1.165, 1.54) is 27.8 Å². The highest BCUT2D eigenvalue weighted by Crippen LogP contribution is 2.32. The number of para-hydroxylation sites is 1. The van der Waals surface area contributed by atoms with E-state index in [1.54, 1.807) is 6.92 Å². The molecule has 1 aliphatic heterocycles. The summed E-state index contributed by atoms with van der Waals surface area (Å²) in [5.74, 6) is 0. The van der Waals surface area contributed by atoms with E-state index >= 15 is 0 Å². The minimum absolute atomic E-state index is 0.0160. The van der Waals surface area contributed by atoms with Crippen molar-refractivity contribution in [3.05, 3.63) is 57.6 Å². The minimum Gasteiger partial charge on any atom is -0.467 e. The first-order valence-corrected chi connectivity index (χ1v) is 11.8. The second-order valence-corrected chi connectivity index (χ2v) is 10.2. The monoisotopic (exact) mass is 447 g/mol. The predicted octanol–water partition coefficient (Wildman–Crippen LogP) is 4.05. The summed E-state index contributed by atoms with van der Waals surface area (Å²) in [6, 6.07) is 9.91. The Labute approximate surface area is 178 Å². The van der Waals surface area contributed by atoms with E-state index in [-0.39, 0.29) is 16.7 Å². The molecule has 0 radical (unpaired) electrons. The van der Waals surface area contributed by atoms with Crippen LogP contribution in [-0.4, -0.2) is 41.8 Å². The number of hydrogen-bond acceptors (Lipinski definition) is 7. The highest BCUT2D eigenvalue weighted by atomic mass is 32.2. The number of hydrogen-bond donors (Lipinski definition) is 0. The van der Waals surface area contributed by atoms with Crippen LogP contribution in [0.5, 0.6) is 5.19 Å². The molecular formula is C20H21N3O5S2. The quantitative estimate of drug-likeness (QED) is 0.432. The van der Waals surface area contributed by atoms with Crippen LogP contribution in [-0.2, 0) is 10.0 Å². The van der Waals surface area contributed by atoms with Gasteiger partial charge in [0.1, 0.15) is 6.10 Å². The SMILES string of the molecule is Cc1ccc([N+](=O)[O-])cc1S(=O)(=O)N1CCC(Oc2nc3c(C)cccc3s2)CC1. The Bertz CT molecular complexity index is 1210. The predicted molar refractivity (Wildman–Crippen MR) is 115 cm³/mol. The fourth-order valence-corrected chi connectivity index (χ4v) is 6.24. The van der Waals surface area contributed by atoms with Gasteiger partial charge in [-0.05, 0) is 43.9 Å². The van der Waals surface area contributed by atoms with E-state index in [2.05, 4.69) is 4.98 Å². The molecule has 0 N–H and O–H groups in total. The van der Waals surface area contributed by atoms with Gasteiger partial charge >= 0.3 is 0 Å². The number of benzene rings is 2. The number of ether oxygens (including phenoxy) is 1. The minimum atomic E-state index is -3.81. The Morgan fingerprint density at radius 3 is 2.57 bits per heavy atom. The lowest BCUT2D eigenvalue weighted by atomic mass is 10.1. The molecule has 1 aliphatic rings.